The maximum atomic E-state index is 13.0. The fraction of sp³-hybridized carbons (Fsp3) is 0.409. The molecule has 7 heteroatoms. The number of hydrogen-bond acceptors (Lipinski definition) is 4. The van der Waals surface area contributed by atoms with Gasteiger partial charge in [0.25, 0.3) is 10.0 Å². The van der Waals surface area contributed by atoms with Gasteiger partial charge in [-0.25, -0.2) is 8.42 Å². The predicted octanol–water partition coefficient (Wildman–Crippen LogP) is 3.35. The third-order valence-corrected chi connectivity index (χ3v) is 7.04. The number of nitrogens with one attached hydrogen (secondary N) is 1. The largest absolute Gasteiger partial charge is 0.495 e. The summed E-state index contributed by atoms with van der Waals surface area (Å²) in [4.78, 5) is 14.4. The van der Waals surface area contributed by atoms with Gasteiger partial charge in [-0.2, -0.15) is 0 Å². The van der Waals surface area contributed by atoms with Gasteiger partial charge in [-0.3, -0.25) is 9.52 Å². The molecule has 2 aromatic rings. The van der Waals surface area contributed by atoms with Crippen LogP contribution in [0.2, 0.25) is 0 Å². The van der Waals surface area contributed by atoms with E-state index in [0.29, 0.717) is 18.0 Å². The topological polar surface area (TPSA) is 75.7 Å². The predicted molar refractivity (Wildman–Crippen MR) is 111 cm³/mol. The molecule has 6 nitrogen and oxygen atoms in total. The number of benzene rings is 2. The minimum Gasteiger partial charge on any atom is -0.495 e. The molecule has 2 aliphatic rings. The van der Waals surface area contributed by atoms with E-state index < -0.39 is 10.0 Å². The van der Waals surface area contributed by atoms with E-state index in [4.69, 9.17) is 4.74 Å². The maximum absolute atomic E-state index is 13.0. The summed E-state index contributed by atoms with van der Waals surface area (Å²) in [5.41, 5.74) is 3.58. The van der Waals surface area contributed by atoms with Crippen molar-refractivity contribution in [3.05, 3.63) is 53.1 Å². The Morgan fingerprint density at radius 1 is 1.17 bits per heavy atom. The first kappa shape index (κ1) is 19.8. The molecule has 1 aliphatic carbocycles. The monoisotopic (exact) mass is 414 g/mol. The molecule has 154 valence electrons. The normalized spacial score (nSPS) is 16.3. The Labute approximate surface area is 171 Å². The summed E-state index contributed by atoms with van der Waals surface area (Å²) < 4.78 is 34.0. The second kappa shape index (κ2) is 7.71. The van der Waals surface area contributed by atoms with Gasteiger partial charge in [-0.1, -0.05) is 19.1 Å². The molecule has 0 bridgehead atoms. The smallest absolute Gasteiger partial charge is 0.265 e. The Hall–Kier alpha value is -2.54. The van der Waals surface area contributed by atoms with Crippen molar-refractivity contribution < 1.29 is 17.9 Å². The van der Waals surface area contributed by atoms with Crippen LogP contribution in [0.15, 0.2) is 41.3 Å². The van der Waals surface area contributed by atoms with Crippen molar-refractivity contribution in [1.29, 1.82) is 0 Å². The molecule has 0 aromatic heterocycles. The van der Waals surface area contributed by atoms with Gasteiger partial charge in [-0.15, -0.1) is 0 Å². The third kappa shape index (κ3) is 4.10. The average molecular weight is 415 g/mol. The molecule has 0 spiro atoms. The Morgan fingerprint density at radius 2 is 1.97 bits per heavy atom. The van der Waals surface area contributed by atoms with Crippen molar-refractivity contribution >= 4 is 21.6 Å². The molecule has 1 heterocycles. The van der Waals surface area contributed by atoms with E-state index in [2.05, 4.69) is 4.72 Å². The number of nitrogens with zero attached hydrogens (tertiary/aromatic N) is 1. The summed E-state index contributed by atoms with van der Waals surface area (Å²) >= 11 is 0. The molecule has 1 aliphatic heterocycles. The number of carbonyl (C=O) groups is 1. The lowest BCUT2D eigenvalue weighted by Gasteiger charge is -2.29. The van der Waals surface area contributed by atoms with E-state index in [-0.39, 0.29) is 16.7 Å². The number of anilines is 1. The van der Waals surface area contributed by atoms with E-state index in [1.165, 1.54) is 12.7 Å². The molecule has 0 radical (unpaired) electrons. The Bertz CT molecular complexity index is 1040. The average Bonchev–Trinajstić information content (AvgIpc) is 3.57. The van der Waals surface area contributed by atoms with Gasteiger partial charge in [0.05, 0.1) is 7.11 Å². The zero-order valence-corrected chi connectivity index (χ0v) is 17.6. The van der Waals surface area contributed by atoms with E-state index in [0.717, 1.165) is 43.4 Å². The molecule has 0 saturated heterocycles. The molecule has 0 unspecified atom stereocenters. The summed E-state index contributed by atoms with van der Waals surface area (Å²) in [6.07, 6.45) is 3.50. The third-order valence-electron chi connectivity index (χ3n) is 5.63. The van der Waals surface area contributed by atoms with Crippen LogP contribution >= 0.6 is 0 Å². The molecule has 29 heavy (non-hydrogen) atoms. The molecular formula is C22H26N2O4S. The summed E-state index contributed by atoms with van der Waals surface area (Å²) in [5.74, 6) is 0.730. The van der Waals surface area contributed by atoms with Crippen LogP contribution in [-0.2, 0) is 34.2 Å². The number of aryl methyl sites for hydroxylation is 1. The number of carbonyl (C=O) groups excluding carboxylic acids is 1. The highest BCUT2D eigenvalue weighted by atomic mass is 32.2. The Morgan fingerprint density at radius 3 is 2.66 bits per heavy atom. The molecule has 1 N–H and O–H groups in total. The second-order valence-electron chi connectivity index (χ2n) is 7.71. The van der Waals surface area contributed by atoms with Crippen molar-refractivity contribution in [3.63, 3.8) is 0 Å². The van der Waals surface area contributed by atoms with Crippen LogP contribution in [0.5, 0.6) is 5.75 Å². The van der Waals surface area contributed by atoms with E-state index >= 15 is 0 Å². The van der Waals surface area contributed by atoms with Gasteiger partial charge in [-0.05, 0) is 66.6 Å². The quantitative estimate of drug-likeness (QED) is 0.787. The summed E-state index contributed by atoms with van der Waals surface area (Å²) in [6, 6.07) is 10.8. The molecule has 1 saturated carbocycles. The molecule has 0 atom stereocenters. The lowest BCUT2D eigenvalue weighted by atomic mass is 9.99. The second-order valence-corrected chi connectivity index (χ2v) is 9.36. The first-order valence-electron chi connectivity index (χ1n) is 10.0. The minimum absolute atomic E-state index is 0.127. The number of ether oxygens (including phenoxy) is 1. The number of hydrogen-bond donors (Lipinski definition) is 1. The van der Waals surface area contributed by atoms with E-state index in [1.54, 1.807) is 18.2 Å². The SMILES string of the molecule is CCc1ccc(OC)c(S(=O)(=O)Nc2ccc3c(c2)CN(C(=O)C2CC2)CC3)c1. The van der Waals surface area contributed by atoms with Gasteiger partial charge in [0.15, 0.2) is 0 Å². The van der Waals surface area contributed by atoms with Crippen molar-refractivity contribution in [2.24, 2.45) is 5.92 Å². The highest BCUT2D eigenvalue weighted by Crippen LogP contribution is 2.34. The molecule has 2 aromatic carbocycles. The first-order valence-corrected chi connectivity index (χ1v) is 11.5. The number of methoxy groups -OCH3 is 1. The van der Waals surface area contributed by atoms with E-state index in [9.17, 15) is 13.2 Å². The summed E-state index contributed by atoms with van der Waals surface area (Å²) in [6.45, 7) is 3.24. The van der Waals surface area contributed by atoms with Crippen LogP contribution in [0.1, 0.15) is 36.5 Å². The van der Waals surface area contributed by atoms with Crippen LogP contribution in [0.3, 0.4) is 0 Å². The highest BCUT2D eigenvalue weighted by Gasteiger charge is 2.34. The number of fused-ring (bicyclic) bond motifs is 1. The summed E-state index contributed by atoms with van der Waals surface area (Å²) in [7, 11) is -2.34. The number of rotatable bonds is 6. The maximum Gasteiger partial charge on any atom is 0.265 e. The van der Waals surface area contributed by atoms with Crippen molar-refractivity contribution in [1.82, 2.24) is 4.90 Å². The van der Waals surface area contributed by atoms with Crippen molar-refractivity contribution in [3.8, 4) is 5.75 Å². The molecule has 1 fully saturated rings. The van der Waals surface area contributed by atoms with Gasteiger partial charge >= 0.3 is 0 Å². The minimum atomic E-state index is -3.80. The van der Waals surface area contributed by atoms with Gasteiger partial charge in [0.2, 0.25) is 5.91 Å². The van der Waals surface area contributed by atoms with Crippen molar-refractivity contribution in [2.75, 3.05) is 18.4 Å². The number of sulfonamides is 1. The molecular weight excluding hydrogens is 388 g/mol. The van der Waals surface area contributed by atoms with Crippen LogP contribution in [0.4, 0.5) is 5.69 Å². The van der Waals surface area contributed by atoms with Gasteiger partial charge in [0, 0.05) is 24.7 Å². The fourth-order valence-electron chi connectivity index (χ4n) is 3.76. The van der Waals surface area contributed by atoms with Crippen LogP contribution < -0.4 is 9.46 Å². The Kier molecular flexibility index (Phi) is 5.25. The summed E-state index contributed by atoms with van der Waals surface area (Å²) in [5, 5.41) is 0. The first-order chi connectivity index (χ1) is 13.9. The number of amides is 1. The standard InChI is InChI=1S/C22H26N2O4S/c1-3-15-4-9-20(28-2)21(12-15)29(26,27)23-19-8-7-16-10-11-24(14-18(16)13-19)22(25)17-5-6-17/h4,7-9,12-13,17,23H,3,5-6,10-11,14H2,1-2H3. The van der Waals surface area contributed by atoms with Crippen molar-refractivity contribution in [2.45, 2.75) is 44.0 Å². The van der Waals surface area contributed by atoms with Gasteiger partial charge in [0.1, 0.15) is 10.6 Å². The van der Waals surface area contributed by atoms with Gasteiger partial charge < -0.3 is 9.64 Å². The van der Waals surface area contributed by atoms with E-state index in [1.807, 2.05) is 30.0 Å². The van der Waals surface area contributed by atoms with Crippen LogP contribution in [0.25, 0.3) is 0 Å². The zero-order chi connectivity index (χ0) is 20.6. The molecule has 4 rings (SSSR count). The zero-order valence-electron chi connectivity index (χ0n) is 16.8. The molecule has 1 amide bonds. The van der Waals surface area contributed by atoms with Crippen LogP contribution in [0, 0.1) is 5.92 Å². The Balaban J connectivity index is 1.58. The lowest BCUT2D eigenvalue weighted by Crippen LogP contribution is -2.36. The highest BCUT2D eigenvalue weighted by molar-refractivity contribution is 7.92. The lowest BCUT2D eigenvalue weighted by molar-refractivity contribution is -0.133. The van der Waals surface area contributed by atoms with Crippen LogP contribution in [-0.4, -0.2) is 32.9 Å². The fourth-order valence-corrected chi connectivity index (χ4v) is 5.03.